The second kappa shape index (κ2) is 13.7. The fourth-order valence-electron chi connectivity index (χ4n) is 3.30. The Bertz CT molecular complexity index is 1120. The molecule has 0 bridgehead atoms. The van der Waals surface area contributed by atoms with Gasteiger partial charge in [0.05, 0.1) is 25.3 Å². The van der Waals surface area contributed by atoms with Gasteiger partial charge in [0.15, 0.2) is 5.17 Å². The molecule has 1 heterocycles. The molecule has 4 rings (SSSR count). The van der Waals surface area contributed by atoms with Crippen LogP contribution >= 0.6 is 23.5 Å². The van der Waals surface area contributed by atoms with Gasteiger partial charge in [-0.1, -0.05) is 84.2 Å². The number of para-hydroxylation sites is 2. The molecule has 182 valence electrons. The third-order valence-corrected chi connectivity index (χ3v) is 7.09. The van der Waals surface area contributed by atoms with Crippen molar-refractivity contribution in [2.75, 3.05) is 25.6 Å². The average Bonchev–Trinajstić information content (AvgIpc) is 2.87. The molecule has 0 aromatic heterocycles. The third-order valence-electron chi connectivity index (χ3n) is 5.00. The van der Waals surface area contributed by atoms with Gasteiger partial charge in [-0.25, -0.2) is 0 Å². The Labute approximate surface area is 216 Å². The van der Waals surface area contributed by atoms with Crippen LogP contribution in [0.3, 0.4) is 0 Å². The summed E-state index contributed by atoms with van der Waals surface area (Å²) in [7, 11) is 4.03. The zero-order valence-electron chi connectivity index (χ0n) is 20.3. The number of amidine groups is 1. The minimum absolute atomic E-state index is 0.0228. The molecule has 1 fully saturated rings. The quantitative estimate of drug-likeness (QED) is 0.355. The van der Waals surface area contributed by atoms with E-state index in [1.54, 1.807) is 16.7 Å². The fraction of sp³-hybridized carbons (Fsp3) is 0.214. The summed E-state index contributed by atoms with van der Waals surface area (Å²) in [4.78, 5) is 18.2. The zero-order valence-corrected chi connectivity index (χ0v) is 21.9. The summed E-state index contributed by atoms with van der Waals surface area (Å²) in [6, 6.07) is 27.8. The Balaban J connectivity index is 0.000000320. The lowest BCUT2D eigenvalue weighted by Crippen LogP contribution is -2.37. The molecule has 0 spiro atoms. The fourth-order valence-corrected chi connectivity index (χ4v) is 5.23. The van der Waals surface area contributed by atoms with Crippen LogP contribution in [0, 0.1) is 5.41 Å². The Kier molecular flexibility index (Phi) is 10.3. The first-order chi connectivity index (χ1) is 17.0. The highest BCUT2D eigenvalue weighted by molar-refractivity contribution is 8.17. The molecule has 5 nitrogen and oxygen atoms in total. The average molecular weight is 506 g/mol. The van der Waals surface area contributed by atoms with E-state index in [4.69, 9.17) is 10.1 Å². The second-order valence-corrected chi connectivity index (χ2v) is 9.89. The van der Waals surface area contributed by atoms with E-state index in [2.05, 4.69) is 17.0 Å². The van der Waals surface area contributed by atoms with Crippen LogP contribution in [0.15, 0.2) is 100 Å². The molecule has 1 N–H and O–H groups in total. The largest absolute Gasteiger partial charge is 0.494 e. The summed E-state index contributed by atoms with van der Waals surface area (Å²) < 4.78 is 5.21. The van der Waals surface area contributed by atoms with E-state index in [0.29, 0.717) is 13.0 Å². The molecule has 1 saturated heterocycles. The van der Waals surface area contributed by atoms with Crippen molar-refractivity contribution in [3.8, 4) is 5.75 Å². The van der Waals surface area contributed by atoms with Crippen molar-refractivity contribution in [3.05, 3.63) is 101 Å². The Morgan fingerprint density at radius 1 is 1.00 bits per heavy atom. The minimum Gasteiger partial charge on any atom is -0.494 e. The number of hydrogen-bond acceptors (Lipinski definition) is 6. The zero-order chi connectivity index (χ0) is 25.0. The molecule has 1 aliphatic rings. The van der Waals surface area contributed by atoms with E-state index in [-0.39, 0.29) is 11.1 Å². The molecule has 3 aromatic carbocycles. The highest BCUT2D eigenvalue weighted by Gasteiger charge is 2.27. The van der Waals surface area contributed by atoms with Gasteiger partial charge in [-0.2, -0.15) is 0 Å². The Morgan fingerprint density at radius 3 is 2.26 bits per heavy atom. The Hall–Kier alpha value is -3.16. The lowest BCUT2D eigenvalue weighted by Gasteiger charge is -2.28. The van der Waals surface area contributed by atoms with Crippen LogP contribution in [0.2, 0.25) is 0 Å². The molecule has 0 radical (unpaired) electrons. The summed E-state index contributed by atoms with van der Waals surface area (Å²) in [5.41, 5.74) is 2.18. The van der Waals surface area contributed by atoms with Gasteiger partial charge in [0.2, 0.25) is 5.91 Å². The van der Waals surface area contributed by atoms with Crippen LogP contribution in [-0.2, 0) is 11.3 Å². The molecule has 0 unspecified atom stereocenters. The standard InChI is InChI=1S/C20H21N3OS2.C8H10O/c1-22(2)17-10-6-7-11-18(17)25-14-16-12-19(24)23(20(21)26-16)13-15-8-4-3-5-9-15;1-2-9-8-6-4-3-5-7-8/h3-11,14,21H,12-13H2,1-2H3;3-7H,2H2,1H3/b16-14-,21-20?;. The molecule has 0 saturated carbocycles. The molecule has 0 atom stereocenters. The number of anilines is 1. The first kappa shape index (κ1) is 26.4. The minimum atomic E-state index is -0.0228. The lowest BCUT2D eigenvalue weighted by molar-refractivity contribution is -0.127. The van der Waals surface area contributed by atoms with Gasteiger partial charge in [-0.15, -0.1) is 0 Å². The van der Waals surface area contributed by atoms with Crippen molar-refractivity contribution in [2.24, 2.45) is 0 Å². The molecule has 7 heteroatoms. The number of amides is 1. The maximum atomic E-state index is 12.5. The summed E-state index contributed by atoms with van der Waals surface area (Å²) in [5, 5.41) is 10.5. The number of ether oxygens (including phenoxy) is 1. The van der Waals surface area contributed by atoms with E-state index in [1.807, 2.05) is 99.2 Å². The molecule has 35 heavy (non-hydrogen) atoms. The van der Waals surface area contributed by atoms with Crippen molar-refractivity contribution in [1.82, 2.24) is 4.90 Å². The molecular weight excluding hydrogens is 474 g/mol. The van der Waals surface area contributed by atoms with Crippen LogP contribution in [0.5, 0.6) is 5.75 Å². The molecule has 0 aliphatic carbocycles. The van der Waals surface area contributed by atoms with E-state index in [1.165, 1.54) is 11.8 Å². The van der Waals surface area contributed by atoms with Gasteiger partial charge in [-0.3, -0.25) is 15.1 Å². The Morgan fingerprint density at radius 2 is 1.63 bits per heavy atom. The summed E-state index contributed by atoms with van der Waals surface area (Å²) in [6.07, 6.45) is 0.344. The highest BCUT2D eigenvalue weighted by atomic mass is 32.2. The maximum Gasteiger partial charge on any atom is 0.233 e. The van der Waals surface area contributed by atoms with Gasteiger partial charge in [0.25, 0.3) is 0 Å². The number of nitrogens with zero attached hydrogens (tertiary/aromatic N) is 2. The van der Waals surface area contributed by atoms with E-state index < -0.39 is 0 Å². The number of rotatable bonds is 7. The van der Waals surface area contributed by atoms with Gasteiger partial charge < -0.3 is 9.64 Å². The monoisotopic (exact) mass is 505 g/mol. The van der Waals surface area contributed by atoms with Crippen molar-refractivity contribution in [2.45, 2.75) is 24.8 Å². The van der Waals surface area contributed by atoms with E-state index in [9.17, 15) is 4.79 Å². The van der Waals surface area contributed by atoms with E-state index in [0.717, 1.165) is 33.4 Å². The topological polar surface area (TPSA) is 56.6 Å². The molecule has 1 amide bonds. The first-order valence-electron chi connectivity index (χ1n) is 11.4. The first-order valence-corrected chi connectivity index (χ1v) is 13.1. The number of carbonyl (C=O) groups excluding carboxylic acids is 1. The maximum absolute atomic E-state index is 12.5. The SMILES string of the molecule is CCOc1ccccc1.CN(C)c1ccccc1S/C=C1/CC(=O)N(Cc2ccccc2)C(=N)S1. The second-order valence-electron chi connectivity index (χ2n) is 7.86. The van der Waals surface area contributed by atoms with Crippen LogP contribution in [0.1, 0.15) is 18.9 Å². The predicted octanol–water partition coefficient (Wildman–Crippen LogP) is 6.87. The molecule has 3 aromatic rings. The third kappa shape index (κ3) is 8.23. The van der Waals surface area contributed by atoms with Crippen molar-refractivity contribution >= 4 is 40.3 Å². The molecular formula is C28H31N3O2S2. The van der Waals surface area contributed by atoms with Crippen LogP contribution in [0.25, 0.3) is 0 Å². The van der Waals surface area contributed by atoms with Crippen LogP contribution in [-0.4, -0.2) is 36.7 Å². The number of carbonyl (C=O) groups is 1. The lowest BCUT2D eigenvalue weighted by atomic mass is 10.2. The predicted molar refractivity (Wildman–Crippen MR) is 149 cm³/mol. The number of hydrogen-bond donors (Lipinski definition) is 1. The number of nitrogens with one attached hydrogen (secondary N) is 1. The van der Waals surface area contributed by atoms with Crippen LogP contribution in [0.4, 0.5) is 5.69 Å². The van der Waals surface area contributed by atoms with Gasteiger partial charge >= 0.3 is 0 Å². The van der Waals surface area contributed by atoms with Crippen LogP contribution < -0.4 is 9.64 Å². The molecule has 1 aliphatic heterocycles. The van der Waals surface area contributed by atoms with Crippen molar-refractivity contribution < 1.29 is 9.53 Å². The normalized spacial score (nSPS) is 14.4. The van der Waals surface area contributed by atoms with Gasteiger partial charge in [0, 0.05) is 23.9 Å². The van der Waals surface area contributed by atoms with Gasteiger partial charge in [-0.05, 0) is 42.2 Å². The number of thioether (sulfide) groups is 2. The number of benzene rings is 3. The summed E-state index contributed by atoms with van der Waals surface area (Å²) in [5.74, 6) is 0.922. The summed E-state index contributed by atoms with van der Waals surface area (Å²) in [6.45, 7) is 3.17. The summed E-state index contributed by atoms with van der Waals surface area (Å²) >= 11 is 2.97. The smallest absolute Gasteiger partial charge is 0.233 e. The van der Waals surface area contributed by atoms with Crippen molar-refractivity contribution in [1.29, 1.82) is 5.41 Å². The van der Waals surface area contributed by atoms with Crippen molar-refractivity contribution in [3.63, 3.8) is 0 Å². The van der Waals surface area contributed by atoms with E-state index >= 15 is 0 Å². The highest BCUT2D eigenvalue weighted by Crippen LogP contribution is 2.36. The van der Waals surface area contributed by atoms with Gasteiger partial charge in [0.1, 0.15) is 5.75 Å².